The van der Waals surface area contributed by atoms with Crippen molar-refractivity contribution in [1.29, 1.82) is 0 Å². The van der Waals surface area contributed by atoms with Crippen molar-refractivity contribution in [3.8, 4) is 0 Å². The first-order valence-corrected chi connectivity index (χ1v) is 8.08. The van der Waals surface area contributed by atoms with Gasteiger partial charge in [0.05, 0.1) is 12.8 Å². The molecule has 6 N–H and O–H groups in total. The number of nitrogens with zero attached hydrogens (tertiary/aromatic N) is 3. The summed E-state index contributed by atoms with van der Waals surface area (Å²) >= 11 is 0. The summed E-state index contributed by atoms with van der Waals surface area (Å²) in [6.45, 7) is 2.42. The highest BCUT2D eigenvalue weighted by Crippen LogP contribution is 2.11. The zero-order valence-corrected chi connectivity index (χ0v) is 13.1. The first kappa shape index (κ1) is 16.9. The number of amidine groups is 1. The largest absolute Gasteiger partial charge is 0.467 e. The van der Waals surface area contributed by atoms with Gasteiger partial charge in [0.1, 0.15) is 5.76 Å². The molecule has 126 valence electrons. The molecule has 0 aliphatic rings. The van der Waals surface area contributed by atoms with Gasteiger partial charge in [-0.1, -0.05) is 0 Å². The smallest absolute Gasteiger partial charge is 0.274 e. The van der Waals surface area contributed by atoms with Gasteiger partial charge in [-0.3, -0.25) is 4.99 Å². The molecule has 2 aromatic heterocycles. The molecule has 0 atom stereocenters. The third-order valence-corrected chi connectivity index (χ3v) is 3.25. The normalized spacial score (nSPS) is 12.5. The van der Waals surface area contributed by atoms with Gasteiger partial charge in [0.15, 0.2) is 11.5 Å². The molecule has 0 fully saturated rings. The summed E-state index contributed by atoms with van der Waals surface area (Å²) in [5.74, 6) is 1.02. The van der Waals surface area contributed by atoms with Gasteiger partial charge in [-0.2, -0.15) is 8.42 Å². The van der Waals surface area contributed by atoms with E-state index < -0.39 is 10.2 Å². The van der Waals surface area contributed by atoms with Crippen LogP contribution in [0.2, 0.25) is 0 Å². The second-order valence-corrected chi connectivity index (χ2v) is 6.00. The molecule has 0 saturated heterocycles. The Morgan fingerprint density at radius 1 is 1.39 bits per heavy atom. The van der Waals surface area contributed by atoms with Crippen molar-refractivity contribution >= 4 is 21.9 Å². The lowest BCUT2D eigenvalue weighted by atomic mass is 10.3. The highest BCUT2D eigenvalue weighted by atomic mass is 32.2. The zero-order valence-electron chi connectivity index (χ0n) is 12.3. The first-order valence-electron chi connectivity index (χ1n) is 6.53. The van der Waals surface area contributed by atoms with E-state index in [0.29, 0.717) is 5.76 Å². The molecule has 0 saturated carbocycles. The number of hydrogen-bond donors (Lipinski definition) is 4. The zero-order chi connectivity index (χ0) is 16.9. The van der Waals surface area contributed by atoms with E-state index >= 15 is 0 Å². The van der Waals surface area contributed by atoms with Gasteiger partial charge in [0.2, 0.25) is 5.82 Å². The molecule has 2 rings (SSSR count). The Morgan fingerprint density at radius 2 is 2.17 bits per heavy atom. The molecule has 0 radical (unpaired) electrons. The molecule has 0 aliphatic heterocycles. The van der Waals surface area contributed by atoms with Gasteiger partial charge in [-0.05, 0) is 28.9 Å². The number of aryl methyl sites for hydroxylation is 1. The van der Waals surface area contributed by atoms with Crippen LogP contribution in [-0.4, -0.2) is 37.7 Å². The van der Waals surface area contributed by atoms with E-state index in [1.807, 2.05) is 13.0 Å². The van der Waals surface area contributed by atoms with Crippen LogP contribution >= 0.6 is 0 Å². The van der Waals surface area contributed by atoms with E-state index in [1.165, 1.54) is 0 Å². The Kier molecular flexibility index (Phi) is 5.31. The second-order valence-electron chi connectivity index (χ2n) is 4.62. The Hall–Kier alpha value is -2.44. The van der Waals surface area contributed by atoms with Crippen molar-refractivity contribution in [3.05, 3.63) is 29.3 Å². The summed E-state index contributed by atoms with van der Waals surface area (Å²) < 4.78 is 33.5. The summed E-state index contributed by atoms with van der Waals surface area (Å²) in [4.78, 5) is 4.15. The van der Waals surface area contributed by atoms with Crippen molar-refractivity contribution in [2.45, 2.75) is 13.5 Å². The molecule has 0 aliphatic carbocycles. The number of aromatic nitrogens is 2. The molecule has 12 heteroatoms. The van der Waals surface area contributed by atoms with Gasteiger partial charge in [0, 0.05) is 13.1 Å². The van der Waals surface area contributed by atoms with E-state index in [9.17, 15) is 8.42 Å². The first-order chi connectivity index (χ1) is 10.8. The maximum Gasteiger partial charge on any atom is 0.274 e. The molecule has 23 heavy (non-hydrogen) atoms. The third-order valence-electron chi connectivity index (χ3n) is 2.64. The van der Waals surface area contributed by atoms with Gasteiger partial charge < -0.3 is 15.5 Å². The lowest BCUT2D eigenvalue weighted by molar-refractivity contribution is 0.307. The molecule has 0 spiro atoms. The van der Waals surface area contributed by atoms with E-state index in [1.54, 1.807) is 6.26 Å². The Labute approximate surface area is 132 Å². The predicted octanol–water partition coefficient (Wildman–Crippen LogP) is -0.918. The van der Waals surface area contributed by atoms with Crippen LogP contribution < -0.4 is 20.9 Å². The number of hydrogen-bond acceptors (Lipinski definition) is 8. The number of rotatable bonds is 8. The topological polar surface area (TPSA) is 175 Å². The summed E-state index contributed by atoms with van der Waals surface area (Å²) in [6, 6.07) is 1.84. The lowest BCUT2D eigenvalue weighted by Crippen LogP contribution is -2.34. The number of aliphatic imine (C=N–C) groups is 1. The van der Waals surface area contributed by atoms with Crippen molar-refractivity contribution in [2.24, 2.45) is 15.9 Å². The summed E-state index contributed by atoms with van der Waals surface area (Å²) in [5.41, 5.74) is 7.06. The average molecular weight is 343 g/mol. The number of nitrogens with two attached hydrogens (primary N) is 2. The Bertz CT molecular complexity index is 780. The summed E-state index contributed by atoms with van der Waals surface area (Å²) in [6.07, 6.45) is 1.62. The maximum atomic E-state index is 10.7. The van der Waals surface area contributed by atoms with Crippen LogP contribution in [0.25, 0.3) is 0 Å². The van der Waals surface area contributed by atoms with Crippen LogP contribution in [0.5, 0.6) is 0 Å². The average Bonchev–Trinajstić information content (AvgIpc) is 3.09. The fourth-order valence-corrected chi connectivity index (χ4v) is 2.04. The van der Waals surface area contributed by atoms with Crippen molar-refractivity contribution in [2.75, 3.05) is 18.4 Å². The van der Waals surface area contributed by atoms with Crippen molar-refractivity contribution in [3.63, 3.8) is 0 Å². The maximum absolute atomic E-state index is 10.7. The molecule has 0 bridgehead atoms. The third kappa shape index (κ3) is 5.36. The van der Waals surface area contributed by atoms with E-state index in [-0.39, 0.29) is 37.0 Å². The van der Waals surface area contributed by atoms with E-state index in [4.69, 9.17) is 15.3 Å². The van der Waals surface area contributed by atoms with Crippen LogP contribution in [0.1, 0.15) is 17.0 Å². The molecular weight excluding hydrogens is 326 g/mol. The van der Waals surface area contributed by atoms with E-state index in [0.717, 1.165) is 5.56 Å². The fraction of sp³-hybridized carbons (Fsp3) is 0.364. The lowest BCUT2D eigenvalue weighted by Gasteiger charge is -2.04. The highest BCUT2D eigenvalue weighted by molar-refractivity contribution is 7.87. The van der Waals surface area contributed by atoms with Gasteiger partial charge in [-0.15, -0.1) is 0 Å². The monoisotopic (exact) mass is 343 g/mol. The molecule has 2 aromatic rings. The van der Waals surface area contributed by atoms with Gasteiger partial charge in [-0.25, -0.2) is 14.5 Å². The quantitative estimate of drug-likeness (QED) is 0.270. The van der Waals surface area contributed by atoms with Crippen LogP contribution in [-0.2, 0) is 16.8 Å². The van der Waals surface area contributed by atoms with Gasteiger partial charge in [0.25, 0.3) is 10.2 Å². The number of furan rings is 1. The minimum Gasteiger partial charge on any atom is -0.467 e. The van der Waals surface area contributed by atoms with Crippen LogP contribution in [0.4, 0.5) is 5.82 Å². The van der Waals surface area contributed by atoms with Crippen molar-refractivity contribution < 1.29 is 17.5 Å². The second kappa shape index (κ2) is 7.21. The molecule has 0 unspecified atom stereocenters. The molecule has 0 amide bonds. The number of anilines is 1. The molecule has 2 heterocycles. The minimum absolute atomic E-state index is 0.0633. The summed E-state index contributed by atoms with van der Waals surface area (Å²) in [7, 11) is -3.74. The highest BCUT2D eigenvalue weighted by Gasteiger charge is 2.14. The van der Waals surface area contributed by atoms with Crippen LogP contribution in [0, 0.1) is 6.92 Å². The minimum atomic E-state index is -3.74. The van der Waals surface area contributed by atoms with Crippen LogP contribution in [0.15, 0.2) is 26.4 Å². The Balaban J connectivity index is 1.93. The molecular formula is C11H17N7O4S. The van der Waals surface area contributed by atoms with E-state index in [2.05, 4.69) is 30.0 Å². The molecule has 0 aromatic carbocycles. The standard InChI is InChI=1S/C11H17N7O4S/c1-7-4-8(21-6-7)5-15-10(12)9-11(18-22-17-9)14-2-3-16-23(13,19)20/h4,6,16H,2-3,5H2,1H3,(H2,12,15)(H,14,18)(H2,13,19,20). The van der Waals surface area contributed by atoms with Crippen LogP contribution in [0.3, 0.4) is 0 Å². The predicted molar refractivity (Wildman–Crippen MR) is 81.8 cm³/mol. The summed E-state index contributed by atoms with van der Waals surface area (Å²) in [5, 5.41) is 14.9. The van der Waals surface area contributed by atoms with Gasteiger partial charge >= 0.3 is 0 Å². The fourth-order valence-electron chi connectivity index (χ4n) is 1.66. The number of nitrogens with one attached hydrogen (secondary N) is 2. The SMILES string of the molecule is Cc1coc(CN=C(N)c2nonc2NCCNS(N)(=O)=O)c1. The Morgan fingerprint density at radius 3 is 2.83 bits per heavy atom. The molecule has 11 nitrogen and oxygen atoms in total. The van der Waals surface area contributed by atoms with Crippen molar-refractivity contribution in [1.82, 2.24) is 15.0 Å².